The second-order valence-electron chi connectivity index (χ2n) is 6.65. The molecule has 0 fully saturated rings. The molecule has 1 heterocycles. The zero-order chi connectivity index (χ0) is 23.8. The van der Waals surface area contributed by atoms with Gasteiger partial charge in [0.1, 0.15) is 0 Å². The smallest absolute Gasteiger partial charge is 0.335 e. The van der Waals surface area contributed by atoms with Crippen molar-refractivity contribution < 1.29 is 26.4 Å². The molecule has 0 aromatic heterocycles. The van der Waals surface area contributed by atoms with E-state index < -0.39 is 37.8 Å². The van der Waals surface area contributed by atoms with Gasteiger partial charge in [-0.25, -0.2) is 18.1 Å². The van der Waals surface area contributed by atoms with Crippen molar-refractivity contribution in [2.75, 3.05) is 4.90 Å². The molecule has 7 nitrogen and oxygen atoms in total. The second kappa shape index (κ2) is 8.19. The third-order valence-electron chi connectivity index (χ3n) is 4.72. The summed E-state index contributed by atoms with van der Waals surface area (Å²) < 4.78 is 63.5. The fourth-order valence-corrected chi connectivity index (χ4v) is 4.42. The molecule has 0 unspecified atom stereocenters. The highest BCUT2D eigenvalue weighted by Crippen LogP contribution is 2.39. The Labute approximate surface area is 185 Å². The van der Waals surface area contributed by atoms with E-state index in [9.17, 15) is 26.4 Å². The third kappa shape index (κ3) is 4.26. The number of halogens is 4. The molecule has 0 spiro atoms. The molecule has 1 aliphatic heterocycles. The van der Waals surface area contributed by atoms with E-state index in [1.54, 1.807) is 6.07 Å². The van der Waals surface area contributed by atoms with E-state index in [1.807, 2.05) is 0 Å². The van der Waals surface area contributed by atoms with E-state index in [0.29, 0.717) is 0 Å². The van der Waals surface area contributed by atoms with Crippen molar-refractivity contribution in [2.24, 2.45) is 0 Å². The highest BCUT2D eigenvalue weighted by molar-refractivity contribution is 8.13. The predicted molar refractivity (Wildman–Crippen MR) is 109 cm³/mol. The highest BCUT2D eigenvalue weighted by atomic mass is 35.7. The lowest BCUT2D eigenvalue weighted by atomic mass is 9.99. The van der Waals surface area contributed by atoms with E-state index in [0.717, 1.165) is 29.2 Å². The standard InChI is InChI=1S/C20H12ClF3N4O3S/c1-11-17(26-2)18(15-7-6-12(10-25)8-16(15)32(21,30)31)27-19(29)28(11)14-5-3-4-13(9-14)20(22,23)24/h3-9,18H,1H3,(H,27,29)/t18-/m1/s1. The Hall–Kier alpha value is -3.54. The van der Waals surface area contributed by atoms with Crippen LogP contribution >= 0.6 is 10.7 Å². The van der Waals surface area contributed by atoms with Crippen LogP contribution in [0, 0.1) is 17.9 Å². The summed E-state index contributed by atoms with van der Waals surface area (Å²) >= 11 is 0. The predicted octanol–water partition coefficient (Wildman–Crippen LogP) is 4.93. The number of carbonyl (C=O) groups excluding carboxylic acids is 1. The maximum absolute atomic E-state index is 13.1. The lowest BCUT2D eigenvalue weighted by Crippen LogP contribution is -2.46. The van der Waals surface area contributed by atoms with Crippen LogP contribution in [0.1, 0.15) is 29.7 Å². The molecule has 0 saturated heterocycles. The first-order valence-corrected chi connectivity index (χ1v) is 11.0. The molecule has 0 bridgehead atoms. The number of allylic oxidation sites excluding steroid dienone is 1. The van der Waals surface area contributed by atoms with Gasteiger partial charge >= 0.3 is 12.2 Å². The van der Waals surface area contributed by atoms with Gasteiger partial charge in [-0.1, -0.05) is 12.1 Å². The van der Waals surface area contributed by atoms with Gasteiger partial charge in [0.25, 0.3) is 9.05 Å². The topological polar surface area (TPSA) is 94.6 Å². The first-order chi connectivity index (χ1) is 14.9. The van der Waals surface area contributed by atoms with Gasteiger partial charge in [0.15, 0.2) is 0 Å². The van der Waals surface area contributed by atoms with Crippen LogP contribution in [0.4, 0.5) is 23.7 Å². The summed E-state index contributed by atoms with van der Waals surface area (Å²) in [7, 11) is 1.14. The molecule has 32 heavy (non-hydrogen) atoms. The molecule has 2 aromatic carbocycles. The van der Waals surface area contributed by atoms with Gasteiger partial charge in [-0.2, -0.15) is 18.4 Å². The first kappa shape index (κ1) is 23.1. The molecule has 2 amide bonds. The first-order valence-electron chi connectivity index (χ1n) is 8.73. The number of anilines is 1. The van der Waals surface area contributed by atoms with Crippen LogP contribution in [0.25, 0.3) is 4.85 Å². The van der Waals surface area contributed by atoms with E-state index >= 15 is 0 Å². The Balaban J connectivity index is 2.19. The molecule has 0 aliphatic carbocycles. The maximum atomic E-state index is 13.1. The summed E-state index contributed by atoms with van der Waals surface area (Å²) in [5, 5.41) is 11.5. The molecule has 164 valence electrons. The number of nitrogens with one attached hydrogen (secondary N) is 1. The fourth-order valence-electron chi connectivity index (χ4n) is 3.29. The van der Waals surface area contributed by atoms with Crippen molar-refractivity contribution in [3.05, 3.63) is 82.0 Å². The number of carbonyl (C=O) groups is 1. The van der Waals surface area contributed by atoms with Gasteiger partial charge in [0.2, 0.25) is 5.70 Å². The number of rotatable bonds is 3. The van der Waals surface area contributed by atoms with E-state index in [2.05, 4.69) is 10.2 Å². The van der Waals surface area contributed by atoms with Crippen LogP contribution in [0.15, 0.2) is 58.8 Å². The van der Waals surface area contributed by atoms with Crippen molar-refractivity contribution in [3.63, 3.8) is 0 Å². The van der Waals surface area contributed by atoms with Crippen molar-refractivity contribution in [1.29, 1.82) is 5.26 Å². The Morgan fingerprint density at radius 3 is 2.50 bits per heavy atom. The molecular formula is C20H12ClF3N4O3S. The molecular weight excluding hydrogens is 469 g/mol. The molecule has 12 heteroatoms. The van der Waals surface area contributed by atoms with Gasteiger partial charge in [0, 0.05) is 22.1 Å². The van der Waals surface area contributed by atoms with E-state index in [-0.39, 0.29) is 28.2 Å². The van der Waals surface area contributed by atoms with Crippen molar-refractivity contribution in [3.8, 4) is 6.07 Å². The fraction of sp³-hybridized carbons (Fsp3) is 0.150. The number of urea groups is 1. The number of hydrogen-bond donors (Lipinski definition) is 1. The summed E-state index contributed by atoms with van der Waals surface area (Å²) in [6.45, 7) is 8.91. The minimum atomic E-state index is -4.64. The summed E-state index contributed by atoms with van der Waals surface area (Å²) in [6.07, 6.45) is -4.64. The van der Waals surface area contributed by atoms with Gasteiger partial charge in [0.05, 0.1) is 34.7 Å². The van der Waals surface area contributed by atoms with Crippen LogP contribution in [0.5, 0.6) is 0 Å². The number of alkyl halides is 3. The highest BCUT2D eigenvalue weighted by Gasteiger charge is 2.37. The molecule has 1 N–H and O–H groups in total. The monoisotopic (exact) mass is 480 g/mol. The average molecular weight is 481 g/mol. The van der Waals surface area contributed by atoms with Crippen molar-refractivity contribution >= 4 is 31.5 Å². The zero-order valence-electron chi connectivity index (χ0n) is 16.1. The van der Waals surface area contributed by atoms with Crippen molar-refractivity contribution in [1.82, 2.24) is 5.32 Å². The lowest BCUT2D eigenvalue weighted by Gasteiger charge is -2.34. The number of hydrogen-bond acceptors (Lipinski definition) is 4. The largest absolute Gasteiger partial charge is 0.416 e. The van der Waals surface area contributed by atoms with E-state index in [1.165, 1.54) is 25.1 Å². The van der Waals surface area contributed by atoms with Gasteiger partial charge < -0.3 is 5.32 Å². The van der Waals surface area contributed by atoms with Crippen LogP contribution in [0.3, 0.4) is 0 Å². The normalized spacial score (nSPS) is 16.9. The molecule has 1 aliphatic rings. The Bertz CT molecular complexity index is 1340. The molecule has 0 saturated carbocycles. The molecule has 2 aromatic rings. The van der Waals surface area contributed by atoms with Crippen molar-refractivity contribution in [2.45, 2.75) is 24.0 Å². The number of amides is 2. The molecule has 3 rings (SSSR count). The third-order valence-corrected chi connectivity index (χ3v) is 6.10. The van der Waals surface area contributed by atoms with Gasteiger partial charge in [-0.05, 0) is 42.8 Å². The Morgan fingerprint density at radius 2 is 1.94 bits per heavy atom. The number of benzene rings is 2. The van der Waals surface area contributed by atoms with Gasteiger partial charge in [-0.15, -0.1) is 0 Å². The lowest BCUT2D eigenvalue weighted by molar-refractivity contribution is -0.137. The number of nitriles is 1. The molecule has 0 radical (unpaired) electrons. The second-order valence-corrected chi connectivity index (χ2v) is 9.19. The molecule has 1 atom stereocenters. The summed E-state index contributed by atoms with van der Waals surface area (Å²) in [5.74, 6) is 0. The SMILES string of the molecule is [C-]#[N+]C1=C(C)N(c2cccc(C(F)(F)F)c2)C(=O)N[C@@H]1c1ccc(C#N)cc1S(=O)(=O)Cl. The summed E-state index contributed by atoms with van der Waals surface area (Å²) in [6, 6.07) is 7.22. The summed E-state index contributed by atoms with van der Waals surface area (Å²) in [4.78, 5) is 16.7. The van der Waals surface area contributed by atoms with Gasteiger partial charge in [-0.3, -0.25) is 4.90 Å². The number of nitrogens with zero attached hydrogens (tertiary/aromatic N) is 3. The average Bonchev–Trinajstić information content (AvgIpc) is 2.72. The van der Waals surface area contributed by atoms with E-state index in [4.69, 9.17) is 22.5 Å². The van der Waals surface area contributed by atoms with Crippen LogP contribution < -0.4 is 10.2 Å². The minimum absolute atomic E-state index is 0.00855. The zero-order valence-corrected chi connectivity index (χ0v) is 17.7. The summed E-state index contributed by atoms with van der Waals surface area (Å²) in [5.41, 5.74) is -1.29. The van der Waals surface area contributed by atoms with Crippen LogP contribution in [-0.2, 0) is 15.2 Å². The van der Waals surface area contributed by atoms with Crippen LogP contribution in [0.2, 0.25) is 0 Å². The quantitative estimate of drug-likeness (QED) is 0.498. The van der Waals surface area contributed by atoms with Crippen LogP contribution in [-0.4, -0.2) is 14.4 Å². The Morgan fingerprint density at radius 1 is 1.25 bits per heavy atom. The Kier molecular flexibility index (Phi) is 5.92. The minimum Gasteiger partial charge on any atom is -0.335 e. The maximum Gasteiger partial charge on any atom is 0.416 e.